The summed E-state index contributed by atoms with van der Waals surface area (Å²) in [6.45, 7) is 7.35. The molecule has 0 unspecified atom stereocenters. The van der Waals surface area contributed by atoms with E-state index in [0.29, 0.717) is 13.2 Å². The van der Waals surface area contributed by atoms with E-state index in [1.807, 2.05) is 30.5 Å². The summed E-state index contributed by atoms with van der Waals surface area (Å²) in [6.07, 6.45) is 0.944. The Bertz CT molecular complexity index is 599. The number of ether oxygens (including phenoxy) is 1. The average Bonchev–Trinajstić information content (AvgIpc) is 2.90. The second kappa shape index (κ2) is 7.27. The minimum Gasteiger partial charge on any atom is -0.489 e. The first-order chi connectivity index (χ1) is 10.1. The molecule has 4 heteroatoms. The normalized spacial score (nSPS) is 10.4. The third kappa shape index (κ3) is 4.60. The standard InChI is InChI=1S/C17H21NO2S/c1-4-5-18-17(19)16-9-14(11-21-16)10-20-15-7-12(2)6-13(3)8-15/h6-9,11H,4-5,10H2,1-3H3,(H,18,19). The second-order valence-electron chi connectivity index (χ2n) is 5.19. The van der Waals surface area contributed by atoms with Gasteiger partial charge in [-0.05, 0) is 55.0 Å². The lowest BCUT2D eigenvalue weighted by atomic mass is 10.1. The molecule has 0 atom stereocenters. The van der Waals surface area contributed by atoms with Crippen LogP contribution < -0.4 is 10.1 Å². The molecule has 1 aromatic heterocycles. The molecule has 1 amide bonds. The molecular formula is C17H21NO2S. The molecule has 0 saturated carbocycles. The molecular weight excluding hydrogens is 282 g/mol. The molecule has 2 aromatic rings. The number of nitrogens with one attached hydrogen (secondary N) is 1. The van der Waals surface area contributed by atoms with E-state index in [4.69, 9.17) is 4.74 Å². The van der Waals surface area contributed by atoms with Crippen LogP contribution in [0.4, 0.5) is 0 Å². The summed E-state index contributed by atoms with van der Waals surface area (Å²) in [5.74, 6) is 0.871. The van der Waals surface area contributed by atoms with E-state index in [1.54, 1.807) is 0 Å². The lowest BCUT2D eigenvalue weighted by Crippen LogP contribution is -2.22. The molecule has 0 bridgehead atoms. The number of rotatable bonds is 6. The van der Waals surface area contributed by atoms with Gasteiger partial charge in [0.15, 0.2) is 0 Å². The van der Waals surface area contributed by atoms with Crippen molar-refractivity contribution in [2.45, 2.75) is 33.8 Å². The Morgan fingerprint density at radius 1 is 1.19 bits per heavy atom. The zero-order valence-electron chi connectivity index (χ0n) is 12.7. The maximum absolute atomic E-state index is 11.8. The molecule has 0 radical (unpaired) electrons. The van der Waals surface area contributed by atoms with Crippen molar-refractivity contribution in [1.82, 2.24) is 5.32 Å². The predicted octanol–water partition coefficient (Wildman–Crippen LogP) is 4.08. The number of amides is 1. The highest BCUT2D eigenvalue weighted by Crippen LogP contribution is 2.20. The summed E-state index contributed by atoms with van der Waals surface area (Å²) in [7, 11) is 0. The summed E-state index contributed by atoms with van der Waals surface area (Å²) in [5, 5.41) is 4.86. The van der Waals surface area contributed by atoms with Gasteiger partial charge in [0.25, 0.3) is 5.91 Å². The second-order valence-corrected chi connectivity index (χ2v) is 6.10. The van der Waals surface area contributed by atoms with Gasteiger partial charge in [-0.2, -0.15) is 0 Å². The van der Waals surface area contributed by atoms with Crippen molar-refractivity contribution in [1.29, 1.82) is 0 Å². The molecule has 0 aliphatic heterocycles. The van der Waals surface area contributed by atoms with Crippen LogP contribution in [0.2, 0.25) is 0 Å². The van der Waals surface area contributed by atoms with E-state index in [-0.39, 0.29) is 5.91 Å². The van der Waals surface area contributed by atoms with Crippen LogP contribution in [-0.2, 0) is 6.61 Å². The van der Waals surface area contributed by atoms with Crippen molar-refractivity contribution in [2.75, 3.05) is 6.54 Å². The highest BCUT2D eigenvalue weighted by atomic mass is 32.1. The van der Waals surface area contributed by atoms with Crippen molar-refractivity contribution in [2.24, 2.45) is 0 Å². The van der Waals surface area contributed by atoms with Gasteiger partial charge in [-0.3, -0.25) is 4.79 Å². The molecule has 112 valence electrons. The number of hydrogen-bond acceptors (Lipinski definition) is 3. The van der Waals surface area contributed by atoms with Gasteiger partial charge < -0.3 is 10.1 Å². The van der Waals surface area contributed by atoms with Crippen molar-refractivity contribution in [3.63, 3.8) is 0 Å². The Morgan fingerprint density at radius 3 is 2.57 bits per heavy atom. The Balaban J connectivity index is 1.95. The van der Waals surface area contributed by atoms with Gasteiger partial charge in [0, 0.05) is 12.1 Å². The zero-order valence-corrected chi connectivity index (χ0v) is 13.5. The van der Waals surface area contributed by atoms with E-state index in [0.717, 1.165) is 22.6 Å². The first-order valence-electron chi connectivity index (χ1n) is 7.15. The van der Waals surface area contributed by atoms with Gasteiger partial charge in [-0.1, -0.05) is 13.0 Å². The van der Waals surface area contributed by atoms with Crippen LogP contribution in [-0.4, -0.2) is 12.5 Å². The fraction of sp³-hybridized carbons (Fsp3) is 0.353. The van der Waals surface area contributed by atoms with E-state index >= 15 is 0 Å². The van der Waals surface area contributed by atoms with Gasteiger partial charge in [-0.15, -0.1) is 11.3 Å². The first kappa shape index (κ1) is 15.6. The lowest BCUT2D eigenvalue weighted by molar-refractivity contribution is 0.0957. The highest BCUT2D eigenvalue weighted by Gasteiger charge is 2.08. The molecule has 0 fully saturated rings. The molecule has 21 heavy (non-hydrogen) atoms. The largest absolute Gasteiger partial charge is 0.489 e. The third-order valence-corrected chi connectivity index (χ3v) is 3.99. The SMILES string of the molecule is CCCNC(=O)c1cc(COc2cc(C)cc(C)c2)cs1. The molecule has 3 nitrogen and oxygen atoms in total. The number of carbonyl (C=O) groups excluding carboxylic acids is 1. The Labute approximate surface area is 130 Å². The number of aryl methyl sites for hydroxylation is 2. The fourth-order valence-corrected chi connectivity index (χ4v) is 2.89. The van der Waals surface area contributed by atoms with Gasteiger partial charge in [0.1, 0.15) is 12.4 Å². The van der Waals surface area contributed by atoms with E-state index < -0.39 is 0 Å². The van der Waals surface area contributed by atoms with E-state index in [1.165, 1.54) is 22.5 Å². The molecule has 1 N–H and O–H groups in total. The van der Waals surface area contributed by atoms with Crippen LogP contribution in [0.3, 0.4) is 0 Å². The van der Waals surface area contributed by atoms with Crippen molar-refractivity contribution < 1.29 is 9.53 Å². The summed E-state index contributed by atoms with van der Waals surface area (Å²) in [5.41, 5.74) is 3.41. The highest BCUT2D eigenvalue weighted by molar-refractivity contribution is 7.12. The Hall–Kier alpha value is -1.81. The molecule has 2 rings (SSSR count). The number of carbonyl (C=O) groups is 1. The molecule has 1 aromatic carbocycles. The third-order valence-electron chi connectivity index (χ3n) is 3.01. The van der Waals surface area contributed by atoms with Crippen LogP contribution in [0.25, 0.3) is 0 Å². The van der Waals surface area contributed by atoms with Crippen LogP contribution in [0, 0.1) is 13.8 Å². The van der Waals surface area contributed by atoms with Gasteiger partial charge >= 0.3 is 0 Å². The first-order valence-corrected chi connectivity index (χ1v) is 8.03. The summed E-state index contributed by atoms with van der Waals surface area (Å²) < 4.78 is 5.80. The van der Waals surface area contributed by atoms with Crippen molar-refractivity contribution in [3.8, 4) is 5.75 Å². The number of thiophene rings is 1. The molecule has 0 spiro atoms. The molecule has 0 aliphatic carbocycles. The maximum atomic E-state index is 11.8. The van der Waals surface area contributed by atoms with Crippen LogP contribution in [0.15, 0.2) is 29.6 Å². The van der Waals surface area contributed by atoms with Crippen molar-refractivity contribution in [3.05, 3.63) is 51.2 Å². The molecule has 0 saturated heterocycles. The van der Waals surface area contributed by atoms with Gasteiger partial charge in [0.2, 0.25) is 0 Å². The van der Waals surface area contributed by atoms with E-state index in [9.17, 15) is 4.79 Å². The topological polar surface area (TPSA) is 38.3 Å². The predicted molar refractivity (Wildman–Crippen MR) is 87.2 cm³/mol. The Morgan fingerprint density at radius 2 is 1.90 bits per heavy atom. The minimum atomic E-state index is -0.000463. The monoisotopic (exact) mass is 303 g/mol. The van der Waals surface area contributed by atoms with Gasteiger partial charge in [-0.25, -0.2) is 0 Å². The Kier molecular flexibility index (Phi) is 5.39. The number of benzene rings is 1. The van der Waals surface area contributed by atoms with E-state index in [2.05, 4.69) is 25.2 Å². The summed E-state index contributed by atoms with van der Waals surface area (Å²) >= 11 is 1.46. The fourth-order valence-electron chi connectivity index (χ4n) is 2.08. The van der Waals surface area contributed by atoms with Crippen LogP contribution in [0.5, 0.6) is 5.75 Å². The average molecular weight is 303 g/mol. The van der Waals surface area contributed by atoms with Gasteiger partial charge in [0.05, 0.1) is 4.88 Å². The number of hydrogen-bond donors (Lipinski definition) is 1. The summed E-state index contributed by atoms with van der Waals surface area (Å²) in [4.78, 5) is 12.6. The minimum absolute atomic E-state index is 0.000463. The smallest absolute Gasteiger partial charge is 0.261 e. The molecule has 1 heterocycles. The van der Waals surface area contributed by atoms with Crippen LogP contribution >= 0.6 is 11.3 Å². The quantitative estimate of drug-likeness (QED) is 0.873. The molecule has 0 aliphatic rings. The lowest BCUT2D eigenvalue weighted by Gasteiger charge is -2.07. The maximum Gasteiger partial charge on any atom is 0.261 e. The summed E-state index contributed by atoms with van der Waals surface area (Å²) in [6, 6.07) is 8.06. The van der Waals surface area contributed by atoms with Crippen LogP contribution in [0.1, 0.15) is 39.7 Å². The van der Waals surface area contributed by atoms with Crippen molar-refractivity contribution >= 4 is 17.2 Å². The zero-order chi connectivity index (χ0) is 15.2.